The summed E-state index contributed by atoms with van der Waals surface area (Å²) in [6, 6.07) is 12.0. The molecule has 2 rings (SSSR count). The van der Waals surface area contributed by atoms with Crippen molar-refractivity contribution < 1.29 is 9.59 Å². The summed E-state index contributed by atoms with van der Waals surface area (Å²) in [5.74, 6) is -0.497. The zero-order chi connectivity index (χ0) is 17.5. The highest BCUT2D eigenvalue weighted by Crippen LogP contribution is 2.22. The number of hydrogen-bond acceptors (Lipinski definition) is 4. The molecule has 128 valence electrons. The number of anilines is 1. The molecule has 2 amide bonds. The molecule has 2 aromatic rings. The van der Waals surface area contributed by atoms with Gasteiger partial charge >= 0.3 is 0 Å². The third-order valence-electron chi connectivity index (χ3n) is 3.69. The fourth-order valence-corrected chi connectivity index (χ4v) is 3.18. The van der Waals surface area contributed by atoms with Gasteiger partial charge in [0, 0.05) is 15.4 Å². The van der Waals surface area contributed by atoms with Crippen molar-refractivity contribution in [2.75, 3.05) is 18.0 Å². The maximum atomic E-state index is 12.6. The first-order valence-corrected chi connectivity index (χ1v) is 8.76. The number of nitrogens with one attached hydrogen (secondary N) is 1. The maximum absolute atomic E-state index is 12.6. The van der Waals surface area contributed by atoms with Crippen LogP contribution < -0.4 is 16.0 Å². The zero-order valence-electron chi connectivity index (χ0n) is 14.0. The van der Waals surface area contributed by atoms with Gasteiger partial charge in [0.25, 0.3) is 0 Å². The van der Waals surface area contributed by atoms with Gasteiger partial charge in [-0.05, 0) is 43.2 Å². The summed E-state index contributed by atoms with van der Waals surface area (Å²) in [7, 11) is 0. The van der Waals surface area contributed by atoms with Gasteiger partial charge in [0.15, 0.2) is 0 Å². The number of nitrogens with two attached hydrogens (primary N) is 1. The minimum atomic E-state index is -0.336. The van der Waals surface area contributed by atoms with E-state index in [4.69, 9.17) is 5.73 Å². The second-order valence-electron chi connectivity index (χ2n) is 5.49. The quantitative estimate of drug-likeness (QED) is 0.808. The van der Waals surface area contributed by atoms with E-state index in [2.05, 4.69) is 12.2 Å². The topological polar surface area (TPSA) is 75.4 Å². The second kappa shape index (κ2) is 8.61. The number of benzene rings is 1. The van der Waals surface area contributed by atoms with Crippen LogP contribution in [-0.4, -0.2) is 24.9 Å². The molecule has 0 aliphatic rings. The van der Waals surface area contributed by atoms with Gasteiger partial charge in [0.05, 0.1) is 19.6 Å². The van der Waals surface area contributed by atoms with Gasteiger partial charge in [-0.15, -0.1) is 11.3 Å². The average Bonchev–Trinajstić information content (AvgIpc) is 3.02. The Balaban J connectivity index is 2.19. The molecular formula is C18H23N3O2S. The van der Waals surface area contributed by atoms with Crippen LogP contribution in [0.5, 0.6) is 0 Å². The minimum absolute atomic E-state index is 0.0596. The summed E-state index contributed by atoms with van der Waals surface area (Å²) < 4.78 is 0. The highest BCUT2D eigenvalue weighted by Gasteiger charge is 2.17. The number of rotatable bonds is 7. The third-order valence-corrected chi connectivity index (χ3v) is 4.67. The minimum Gasteiger partial charge on any atom is -0.346 e. The molecule has 5 nitrogen and oxygen atoms in total. The van der Waals surface area contributed by atoms with Crippen LogP contribution in [0.25, 0.3) is 0 Å². The van der Waals surface area contributed by atoms with Gasteiger partial charge in [0.1, 0.15) is 0 Å². The molecule has 0 fully saturated rings. The molecule has 0 aliphatic carbocycles. The van der Waals surface area contributed by atoms with E-state index >= 15 is 0 Å². The monoisotopic (exact) mass is 345 g/mol. The zero-order valence-corrected chi connectivity index (χ0v) is 14.9. The largest absolute Gasteiger partial charge is 0.346 e. The van der Waals surface area contributed by atoms with Gasteiger partial charge in [0.2, 0.25) is 11.8 Å². The van der Waals surface area contributed by atoms with Crippen molar-refractivity contribution in [3.63, 3.8) is 0 Å². The second-order valence-corrected chi connectivity index (χ2v) is 6.87. The normalized spacial score (nSPS) is 10.5. The molecule has 0 saturated carbocycles. The van der Waals surface area contributed by atoms with Crippen molar-refractivity contribution in [2.45, 2.75) is 26.8 Å². The van der Waals surface area contributed by atoms with E-state index < -0.39 is 0 Å². The first kappa shape index (κ1) is 18.2. The molecule has 0 saturated heterocycles. The van der Waals surface area contributed by atoms with E-state index in [1.54, 1.807) is 16.2 Å². The smallest absolute Gasteiger partial charge is 0.246 e. The van der Waals surface area contributed by atoms with Gasteiger partial charge in [-0.1, -0.05) is 19.1 Å². The lowest BCUT2D eigenvalue weighted by molar-refractivity contribution is -0.124. The Morgan fingerprint density at radius 3 is 2.42 bits per heavy atom. The number of hydrogen-bond donors (Lipinski definition) is 2. The number of amides is 2. The number of thiophene rings is 1. The molecule has 0 aliphatic heterocycles. The molecule has 1 heterocycles. The molecule has 0 radical (unpaired) electrons. The van der Waals surface area contributed by atoms with Crippen LogP contribution in [0.4, 0.5) is 5.69 Å². The highest BCUT2D eigenvalue weighted by atomic mass is 32.1. The summed E-state index contributed by atoms with van der Waals surface area (Å²) >= 11 is 1.66. The Labute approximate surface area is 146 Å². The van der Waals surface area contributed by atoms with Crippen molar-refractivity contribution in [1.29, 1.82) is 0 Å². The molecule has 0 bridgehead atoms. The molecule has 0 unspecified atom stereocenters. The molecule has 24 heavy (non-hydrogen) atoms. The summed E-state index contributed by atoms with van der Waals surface area (Å²) in [4.78, 5) is 27.9. The molecule has 6 heteroatoms. The van der Waals surface area contributed by atoms with E-state index in [-0.39, 0.29) is 24.9 Å². The average molecular weight is 345 g/mol. The predicted molar refractivity (Wildman–Crippen MR) is 98.1 cm³/mol. The van der Waals surface area contributed by atoms with E-state index in [1.807, 2.05) is 43.3 Å². The Morgan fingerprint density at radius 1 is 1.17 bits per heavy atom. The first-order valence-electron chi connectivity index (χ1n) is 7.95. The molecular weight excluding hydrogens is 322 g/mol. The fraction of sp³-hybridized carbons (Fsp3) is 0.333. The summed E-state index contributed by atoms with van der Waals surface area (Å²) in [6.07, 6.45) is 0.949. The lowest BCUT2D eigenvalue weighted by Crippen LogP contribution is -2.41. The molecule has 0 spiro atoms. The number of carbonyl (C=O) groups excluding carboxylic acids is 2. The van der Waals surface area contributed by atoms with E-state index in [0.29, 0.717) is 6.54 Å². The third kappa shape index (κ3) is 4.91. The predicted octanol–water partition coefficient (Wildman–Crippen LogP) is 2.23. The Kier molecular flexibility index (Phi) is 6.52. The van der Waals surface area contributed by atoms with E-state index in [9.17, 15) is 9.59 Å². The number of carbonyl (C=O) groups is 2. The fourth-order valence-electron chi connectivity index (χ4n) is 2.30. The summed E-state index contributed by atoms with van der Waals surface area (Å²) in [5, 5.41) is 2.54. The Morgan fingerprint density at radius 2 is 1.88 bits per heavy atom. The highest BCUT2D eigenvalue weighted by molar-refractivity contribution is 7.11. The lowest BCUT2D eigenvalue weighted by Gasteiger charge is -2.23. The van der Waals surface area contributed by atoms with Gasteiger partial charge in [-0.25, -0.2) is 0 Å². The molecule has 1 aromatic carbocycles. The van der Waals surface area contributed by atoms with Crippen LogP contribution in [0.15, 0.2) is 36.4 Å². The van der Waals surface area contributed by atoms with Crippen LogP contribution in [0.3, 0.4) is 0 Å². The van der Waals surface area contributed by atoms with Crippen molar-refractivity contribution >= 4 is 28.8 Å². The first-order chi connectivity index (χ1) is 11.5. The number of aryl methyl sites for hydroxylation is 2. The summed E-state index contributed by atoms with van der Waals surface area (Å²) in [5.41, 5.74) is 7.31. The van der Waals surface area contributed by atoms with Crippen molar-refractivity contribution in [2.24, 2.45) is 5.73 Å². The van der Waals surface area contributed by atoms with Crippen molar-refractivity contribution in [3.8, 4) is 0 Å². The molecule has 3 N–H and O–H groups in total. The van der Waals surface area contributed by atoms with E-state index in [0.717, 1.165) is 17.0 Å². The Bertz CT molecular complexity index is 695. The lowest BCUT2D eigenvalue weighted by atomic mass is 10.1. The Hall–Kier alpha value is -2.18. The van der Waals surface area contributed by atoms with Gasteiger partial charge < -0.3 is 16.0 Å². The van der Waals surface area contributed by atoms with Crippen LogP contribution in [-0.2, 0) is 22.6 Å². The van der Waals surface area contributed by atoms with Crippen LogP contribution >= 0.6 is 11.3 Å². The molecule has 1 aromatic heterocycles. The van der Waals surface area contributed by atoms with Crippen molar-refractivity contribution in [1.82, 2.24) is 5.32 Å². The van der Waals surface area contributed by atoms with Crippen molar-refractivity contribution in [3.05, 3.63) is 51.7 Å². The van der Waals surface area contributed by atoms with E-state index in [1.165, 1.54) is 10.4 Å². The molecule has 0 atom stereocenters. The van der Waals surface area contributed by atoms with Gasteiger partial charge in [-0.3, -0.25) is 9.59 Å². The standard InChI is InChI=1S/C18H23N3O2S/c1-3-14-5-7-15(8-6-14)21(12-16-9-4-13(2)24-16)18(23)11-20-17(22)10-19/h4-9H,3,10-12,19H2,1-2H3,(H,20,22). The van der Waals surface area contributed by atoms with Crippen LogP contribution in [0, 0.1) is 6.92 Å². The van der Waals surface area contributed by atoms with Gasteiger partial charge in [-0.2, -0.15) is 0 Å². The maximum Gasteiger partial charge on any atom is 0.246 e. The summed E-state index contributed by atoms with van der Waals surface area (Å²) in [6.45, 7) is 4.44. The number of nitrogens with zero attached hydrogens (tertiary/aromatic N) is 1. The van der Waals surface area contributed by atoms with Crippen LogP contribution in [0.1, 0.15) is 22.2 Å². The SMILES string of the molecule is CCc1ccc(N(Cc2ccc(C)s2)C(=O)CNC(=O)CN)cc1. The van der Waals surface area contributed by atoms with Crippen LogP contribution in [0.2, 0.25) is 0 Å².